The fraction of sp³-hybridized carbons (Fsp3) is 0.100. The van der Waals surface area contributed by atoms with Crippen molar-refractivity contribution in [2.45, 2.75) is 6.92 Å². The standard InChI is InChI=1S/C10H8N6O2/c1-6-13-14-9-8(11-2-3-15(6)9)16-5-7(4-12-16)10(17)18/h2-5H,1H3,(H,17,18). The average molecular weight is 244 g/mol. The Morgan fingerprint density at radius 2 is 2.22 bits per heavy atom. The monoisotopic (exact) mass is 244 g/mol. The van der Waals surface area contributed by atoms with Gasteiger partial charge in [0.1, 0.15) is 5.82 Å². The molecule has 0 atom stereocenters. The lowest BCUT2D eigenvalue weighted by molar-refractivity contribution is 0.0697. The molecule has 0 amide bonds. The Morgan fingerprint density at radius 3 is 2.94 bits per heavy atom. The molecule has 0 aliphatic rings. The summed E-state index contributed by atoms with van der Waals surface area (Å²) in [6.45, 7) is 1.82. The van der Waals surface area contributed by atoms with Crippen molar-refractivity contribution < 1.29 is 9.90 Å². The van der Waals surface area contributed by atoms with Crippen LogP contribution in [0, 0.1) is 6.92 Å². The van der Waals surface area contributed by atoms with Crippen LogP contribution in [-0.4, -0.2) is 40.4 Å². The molecular weight excluding hydrogens is 236 g/mol. The van der Waals surface area contributed by atoms with Crippen molar-refractivity contribution in [2.24, 2.45) is 0 Å². The topological polar surface area (TPSA) is 98.2 Å². The van der Waals surface area contributed by atoms with Crippen LogP contribution in [0.25, 0.3) is 11.5 Å². The van der Waals surface area contributed by atoms with Crippen LogP contribution in [0.3, 0.4) is 0 Å². The highest BCUT2D eigenvalue weighted by Crippen LogP contribution is 2.12. The Kier molecular flexibility index (Phi) is 2.09. The second-order valence-corrected chi connectivity index (χ2v) is 3.67. The first-order valence-electron chi connectivity index (χ1n) is 5.11. The molecule has 0 radical (unpaired) electrons. The van der Waals surface area contributed by atoms with Crippen molar-refractivity contribution >= 4 is 11.6 Å². The highest BCUT2D eigenvalue weighted by atomic mass is 16.4. The third-order valence-corrected chi connectivity index (χ3v) is 2.53. The molecule has 3 aromatic rings. The average Bonchev–Trinajstić information content (AvgIpc) is 2.97. The van der Waals surface area contributed by atoms with Gasteiger partial charge in [0.25, 0.3) is 0 Å². The summed E-state index contributed by atoms with van der Waals surface area (Å²) >= 11 is 0. The molecule has 0 aliphatic heterocycles. The van der Waals surface area contributed by atoms with Gasteiger partial charge in [-0.3, -0.25) is 4.40 Å². The van der Waals surface area contributed by atoms with Gasteiger partial charge in [-0.15, -0.1) is 10.2 Å². The molecule has 0 saturated heterocycles. The summed E-state index contributed by atoms with van der Waals surface area (Å²) < 4.78 is 3.12. The lowest BCUT2D eigenvalue weighted by atomic mass is 10.4. The van der Waals surface area contributed by atoms with Gasteiger partial charge in [-0.2, -0.15) is 5.10 Å². The number of hydrogen-bond acceptors (Lipinski definition) is 5. The van der Waals surface area contributed by atoms with Gasteiger partial charge in [-0.05, 0) is 6.92 Å². The number of carboxylic acid groups (broad SMARTS) is 1. The van der Waals surface area contributed by atoms with Gasteiger partial charge in [0.05, 0.1) is 11.8 Å². The Hall–Kier alpha value is -2.77. The van der Waals surface area contributed by atoms with E-state index in [9.17, 15) is 4.79 Å². The SMILES string of the molecule is Cc1nnc2c(-n3cc(C(=O)O)cn3)nccn12. The van der Waals surface area contributed by atoms with Crippen LogP contribution in [0.4, 0.5) is 0 Å². The number of aromatic carboxylic acids is 1. The summed E-state index contributed by atoms with van der Waals surface area (Å²) in [4.78, 5) is 15.0. The zero-order chi connectivity index (χ0) is 12.7. The van der Waals surface area contributed by atoms with Gasteiger partial charge < -0.3 is 5.11 Å². The smallest absolute Gasteiger partial charge is 0.338 e. The molecule has 0 aromatic carbocycles. The fourth-order valence-corrected chi connectivity index (χ4v) is 1.64. The van der Waals surface area contributed by atoms with Crippen LogP contribution < -0.4 is 0 Å². The van der Waals surface area contributed by atoms with E-state index in [1.807, 2.05) is 6.92 Å². The van der Waals surface area contributed by atoms with E-state index in [0.29, 0.717) is 11.5 Å². The minimum Gasteiger partial charge on any atom is -0.478 e. The van der Waals surface area contributed by atoms with Crippen molar-refractivity contribution in [3.05, 3.63) is 36.2 Å². The molecular formula is C10H8N6O2. The molecule has 18 heavy (non-hydrogen) atoms. The molecule has 1 N–H and O–H groups in total. The zero-order valence-corrected chi connectivity index (χ0v) is 9.35. The van der Waals surface area contributed by atoms with Crippen LogP contribution in [0.2, 0.25) is 0 Å². The van der Waals surface area contributed by atoms with Crippen LogP contribution >= 0.6 is 0 Å². The summed E-state index contributed by atoms with van der Waals surface area (Å²) in [5, 5.41) is 20.7. The number of aromatic nitrogens is 6. The third kappa shape index (κ3) is 1.43. The molecule has 0 unspecified atom stereocenters. The molecule has 8 nitrogen and oxygen atoms in total. The Bertz CT molecular complexity index is 744. The minimum absolute atomic E-state index is 0.0926. The molecule has 90 valence electrons. The van der Waals surface area contributed by atoms with Gasteiger partial charge in [0, 0.05) is 18.6 Å². The maximum atomic E-state index is 10.8. The molecule has 8 heteroatoms. The molecule has 3 aromatic heterocycles. The number of nitrogens with zero attached hydrogens (tertiary/aromatic N) is 6. The molecule has 0 aliphatic carbocycles. The van der Waals surface area contributed by atoms with Crippen molar-refractivity contribution in [3.63, 3.8) is 0 Å². The maximum Gasteiger partial charge on any atom is 0.338 e. The quantitative estimate of drug-likeness (QED) is 0.696. The van der Waals surface area contributed by atoms with Gasteiger partial charge in [-0.25, -0.2) is 14.5 Å². The van der Waals surface area contributed by atoms with Crippen molar-refractivity contribution in [1.29, 1.82) is 0 Å². The lowest BCUT2D eigenvalue weighted by Crippen LogP contribution is -2.02. The van der Waals surface area contributed by atoms with Gasteiger partial charge in [-0.1, -0.05) is 0 Å². The third-order valence-electron chi connectivity index (χ3n) is 2.53. The summed E-state index contributed by atoms with van der Waals surface area (Å²) in [7, 11) is 0. The molecule has 3 rings (SSSR count). The van der Waals surface area contributed by atoms with Gasteiger partial charge in [0.2, 0.25) is 5.65 Å². The first kappa shape index (κ1) is 10.4. The van der Waals surface area contributed by atoms with Crippen molar-refractivity contribution in [2.75, 3.05) is 0 Å². The predicted octanol–water partition coefficient (Wildman–Crippen LogP) is 0.317. The van der Waals surface area contributed by atoms with E-state index in [-0.39, 0.29) is 5.56 Å². The normalized spacial score (nSPS) is 10.9. The highest BCUT2D eigenvalue weighted by molar-refractivity contribution is 5.87. The number of rotatable bonds is 2. The van der Waals surface area contributed by atoms with E-state index in [1.54, 1.807) is 16.8 Å². The number of fused-ring (bicyclic) bond motifs is 1. The first-order chi connectivity index (χ1) is 8.66. The lowest BCUT2D eigenvalue weighted by Gasteiger charge is -2.01. The number of aryl methyl sites for hydroxylation is 1. The second kappa shape index (κ2) is 3.62. The number of carboxylic acids is 1. The summed E-state index contributed by atoms with van der Waals surface area (Å²) in [5.74, 6) is 0.121. The minimum atomic E-state index is -1.04. The maximum absolute atomic E-state index is 10.8. The Labute approximate surface area is 101 Å². The predicted molar refractivity (Wildman–Crippen MR) is 59.6 cm³/mol. The van der Waals surface area contributed by atoms with Crippen LogP contribution in [0.5, 0.6) is 0 Å². The highest BCUT2D eigenvalue weighted by Gasteiger charge is 2.12. The van der Waals surface area contributed by atoms with E-state index in [0.717, 1.165) is 5.82 Å². The van der Waals surface area contributed by atoms with Crippen LogP contribution in [0.1, 0.15) is 16.2 Å². The second-order valence-electron chi connectivity index (χ2n) is 3.67. The first-order valence-corrected chi connectivity index (χ1v) is 5.11. The van der Waals surface area contributed by atoms with Crippen LogP contribution in [-0.2, 0) is 0 Å². The van der Waals surface area contributed by atoms with E-state index in [4.69, 9.17) is 5.11 Å². The molecule has 0 spiro atoms. The van der Waals surface area contributed by atoms with Crippen LogP contribution in [0.15, 0.2) is 24.8 Å². The molecule has 0 fully saturated rings. The Balaban J connectivity index is 2.21. The van der Waals surface area contributed by atoms with Crippen molar-refractivity contribution in [1.82, 2.24) is 29.4 Å². The van der Waals surface area contributed by atoms with E-state index in [1.165, 1.54) is 17.1 Å². The van der Waals surface area contributed by atoms with Crippen molar-refractivity contribution in [3.8, 4) is 5.82 Å². The molecule has 0 saturated carbocycles. The number of hydrogen-bond donors (Lipinski definition) is 1. The summed E-state index contributed by atoms with van der Waals surface area (Å²) in [6, 6.07) is 0. The van der Waals surface area contributed by atoms with Gasteiger partial charge >= 0.3 is 5.97 Å². The number of carbonyl (C=O) groups is 1. The van der Waals surface area contributed by atoms with E-state index in [2.05, 4.69) is 20.3 Å². The summed E-state index contributed by atoms with van der Waals surface area (Å²) in [5.41, 5.74) is 0.616. The zero-order valence-electron chi connectivity index (χ0n) is 9.35. The van der Waals surface area contributed by atoms with Gasteiger partial charge in [0.15, 0.2) is 5.82 Å². The Morgan fingerprint density at radius 1 is 1.39 bits per heavy atom. The fourth-order valence-electron chi connectivity index (χ4n) is 1.64. The molecule has 3 heterocycles. The van der Waals surface area contributed by atoms with E-state index >= 15 is 0 Å². The summed E-state index contributed by atoms with van der Waals surface area (Å²) in [6.07, 6.45) is 5.96. The largest absolute Gasteiger partial charge is 0.478 e. The van der Waals surface area contributed by atoms with E-state index < -0.39 is 5.97 Å². The molecule has 0 bridgehead atoms.